The van der Waals surface area contributed by atoms with Crippen molar-refractivity contribution < 1.29 is 19.3 Å². The third-order valence-electron chi connectivity index (χ3n) is 2.93. The molecule has 1 heterocycles. The fraction of sp³-hybridized carbons (Fsp3) is 1.00. The van der Waals surface area contributed by atoms with Gasteiger partial charge in [0.25, 0.3) is 0 Å². The quantitative estimate of drug-likeness (QED) is 0.568. The maximum atomic E-state index is 9.40. The average Bonchev–Trinajstić information content (AvgIpc) is 2.35. The van der Waals surface area contributed by atoms with Crippen molar-refractivity contribution in [2.75, 3.05) is 53.3 Å². The molecule has 0 saturated carbocycles. The van der Waals surface area contributed by atoms with Crippen molar-refractivity contribution in [2.45, 2.75) is 18.4 Å². The second-order valence-electron chi connectivity index (χ2n) is 4.08. The first-order chi connectivity index (χ1) is 7.83. The maximum absolute atomic E-state index is 9.40. The minimum absolute atomic E-state index is 0.161. The lowest BCUT2D eigenvalue weighted by Crippen LogP contribution is -2.53. The second-order valence-corrected chi connectivity index (χ2v) is 4.08. The van der Waals surface area contributed by atoms with Crippen LogP contribution in [-0.4, -0.2) is 63.9 Å². The fourth-order valence-corrected chi connectivity index (χ4v) is 1.79. The van der Waals surface area contributed by atoms with Gasteiger partial charge in [0.2, 0.25) is 0 Å². The number of nitrogens with one attached hydrogen (secondary N) is 1. The summed E-state index contributed by atoms with van der Waals surface area (Å²) in [5.41, 5.74) is -0.164. The van der Waals surface area contributed by atoms with Crippen LogP contribution in [0.15, 0.2) is 0 Å². The molecule has 0 bridgehead atoms. The molecule has 0 spiro atoms. The van der Waals surface area contributed by atoms with E-state index >= 15 is 0 Å². The zero-order valence-electron chi connectivity index (χ0n) is 10.0. The van der Waals surface area contributed by atoms with Crippen LogP contribution >= 0.6 is 0 Å². The highest BCUT2D eigenvalue weighted by Crippen LogP contribution is 2.19. The summed E-state index contributed by atoms with van der Waals surface area (Å²) in [7, 11) is 1.66. The molecule has 16 heavy (non-hydrogen) atoms. The molecule has 0 radical (unpaired) electrons. The van der Waals surface area contributed by atoms with Gasteiger partial charge in [-0.2, -0.15) is 0 Å². The third-order valence-corrected chi connectivity index (χ3v) is 2.93. The van der Waals surface area contributed by atoms with Gasteiger partial charge in [-0.25, -0.2) is 0 Å². The number of aliphatic hydroxyl groups is 1. The summed E-state index contributed by atoms with van der Waals surface area (Å²) in [6.45, 7) is 4.24. The zero-order chi connectivity index (χ0) is 11.7. The van der Waals surface area contributed by atoms with E-state index < -0.39 is 0 Å². The molecule has 0 aliphatic carbocycles. The molecule has 0 aromatic heterocycles. The highest BCUT2D eigenvalue weighted by Gasteiger charge is 2.30. The molecule has 1 saturated heterocycles. The van der Waals surface area contributed by atoms with Crippen molar-refractivity contribution in [3.05, 3.63) is 0 Å². The van der Waals surface area contributed by atoms with E-state index in [-0.39, 0.29) is 12.1 Å². The number of hydrogen-bond donors (Lipinski definition) is 2. The Hall–Kier alpha value is -0.200. The Morgan fingerprint density at radius 2 is 2.00 bits per heavy atom. The first-order valence-corrected chi connectivity index (χ1v) is 5.83. The summed E-state index contributed by atoms with van der Waals surface area (Å²) in [5.74, 6) is 0. The van der Waals surface area contributed by atoms with Crippen molar-refractivity contribution in [3.63, 3.8) is 0 Å². The molecule has 5 heteroatoms. The molecule has 0 atom stereocenters. The Bertz CT molecular complexity index is 171. The van der Waals surface area contributed by atoms with Crippen molar-refractivity contribution in [1.82, 2.24) is 5.32 Å². The largest absolute Gasteiger partial charge is 0.394 e. The van der Waals surface area contributed by atoms with Crippen LogP contribution in [-0.2, 0) is 14.2 Å². The third kappa shape index (κ3) is 4.76. The summed E-state index contributed by atoms with van der Waals surface area (Å²) in [4.78, 5) is 0. The SMILES string of the molecule is COCCOCCNC1(CO)CCOCC1. The minimum atomic E-state index is -0.164. The summed E-state index contributed by atoms with van der Waals surface area (Å²) in [6, 6.07) is 0. The molecule has 0 aromatic rings. The molecule has 1 aliphatic rings. The van der Waals surface area contributed by atoms with Crippen LogP contribution in [0.3, 0.4) is 0 Å². The first kappa shape index (κ1) is 13.9. The highest BCUT2D eigenvalue weighted by molar-refractivity contribution is 4.89. The van der Waals surface area contributed by atoms with E-state index in [1.165, 1.54) is 0 Å². The van der Waals surface area contributed by atoms with Crippen LogP contribution in [0.4, 0.5) is 0 Å². The monoisotopic (exact) mass is 233 g/mol. The molecule has 0 aromatic carbocycles. The molecule has 0 amide bonds. The summed E-state index contributed by atoms with van der Waals surface area (Å²) < 4.78 is 15.5. The van der Waals surface area contributed by atoms with Crippen molar-refractivity contribution in [2.24, 2.45) is 0 Å². The van der Waals surface area contributed by atoms with E-state index in [1.54, 1.807) is 7.11 Å². The molecular weight excluding hydrogens is 210 g/mol. The van der Waals surface area contributed by atoms with E-state index in [2.05, 4.69) is 5.32 Å². The van der Waals surface area contributed by atoms with Gasteiger partial charge in [0.05, 0.1) is 26.4 Å². The van der Waals surface area contributed by atoms with E-state index in [0.717, 1.165) is 32.6 Å². The molecule has 5 nitrogen and oxygen atoms in total. The van der Waals surface area contributed by atoms with Gasteiger partial charge in [0.15, 0.2) is 0 Å². The van der Waals surface area contributed by atoms with Gasteiger partial charge in [-0.3, -0.25) is 0 Å². The lowest BCUT2D eigenvalue weighted by molar-refractivity contribution is 0.00611. The molecule has 1 rings (SSSR count). The lowest BCUT2D eigenvalue weighted by atomic mass is 9.91. The normalized spacial score (nSPS) is 19.9. The standard InChI is InChI=1S/C11H23NO4/c1-14-8-9-16-7-4-12-11(10-13)2-5-15-6-3-11/h12-13H,2-10H2,1H3. The molecular formula is C11H23NO4. The number of ether oxygens (including phenoxy) is 3. The van der Waals surface area contributed by atoms with Gasteiger partial charge in [-0.05, 0) is 12.8 Å². The van der Waals surface area contributed by atoms with Gasteiger partial charge >= 0.3 is 0 Å². The summed E-state index contributed by atoms with van der Waals surface area (Å²) in [5, 5.41) is 12.8. The Morgan fingerprint density at radius 3 is 2.62 bits per heavy atom. The van der Waals surface area contributed by atoms with E-state index in [1.807, 2.05) is 0 Å². The van der Waals surface area contributed by atoms with Crippen molar-refractivity contribution >= 4 is 0 Å². The second kappa shape index (κ2) is 7.97. The molecule has 1 aliphatic heterocycles. The van der Waals surface area contributed by atoms with Gasteiger partial charge in [0, 0.05) is 32.4 Å². The number of rotatable bonds is 8. The predicted molar refractivity (Wildman–Crippen MR) is 60.6 cm³/mol. The maximum Gasteiger partial charge on any atom is 0.0700 e. The van der Waals surface area contributed by atoms with Gasteiger partial charge in [0.1, 0.15) is 0 Å². The topological polar surface area (TPSA) is 60.0 Å². The average molecular weight is 233 g/mol. The Kier molecular flexibility index (Phi) is 6.91. The van der Waals surface area contributed by atoms with Gasteiger partial charge in [-0.15, -0.1) is 0 Å². The lowest BCUT2D eigenvalue weighted by Gasteiger charge is -2.36. The van der Waals surface area contributed by atoms with E-state index in [9.17, 15) is 5.11 Å². The van der Waals surface area contributed by atoms with Gasteiger partial charge in [-0.1, -0.05) is 0 Å². The number of hydrogen-bond acceptors (Lipinski definition) is 5. The minimum Gasteiger partial charge on any atom is -0.394 e. The van der Waals surface area contributed by atoms with E-state index in [4.69, 9.17) is 14.2 Å². The van der Waals surface area contributed by atoms with Crippen LogP contribution in [0.5, 0.6) is 0 Å². The van der Waals surface area contributed by atoms with Gasteiger partial charge < -0.3 is 24.6 Å². The van der Waals surface area contributed by atoms with Crippen LogP contribution < -0.4 is 5.32 Å². The molecule has 2 N–H and O–H groups in total. The zero-order valence-corrected chi connectivity index (χ0v) is 10.0. The van der Waals surface area contributed by atoms with Crippen LogP contribution in [0.25, 0.3) is 0 Å². The van der Waals surface area contributed by atoms with Crippen LogP contribution in [0, 0.1) is 0 Å². The van der Waals surface area contributed by atoms with Crippen molar-refractivity contribution in [1.29, 1.82) is 0 Å². The number of methoxy groups -OCH3 is 1. The Labute approximate surface area is 97.1 Å². The number of aliphatic hydroxyl groups excluding tert-OH is 1. The van der Waals surface area contributed by atoms with Crippen LogP contribution in [0.2, 0.25) is 0 Å². The summed E-state index contributed by atoms with van der Waals surface area (Å²) in [6.07, 6.45) is 1.73. The molecule has 96 valence electrons. The highest BCUT2D eigenvalue weighted by atomic mass is 16.5. The summed E-state index contributed by atoms with van der Waals surface area (Å²) >= 11 is 0. The fourth-order valence-electron chi connectivity index (χ4n) is 1.79. The molecule has 0 unspecified atom stereocenters. The van der Waals surface area contributed by atoms with Crippen molar-refractivity contribution in [3.8, 4) is 0 Å². The Morgan fingerprint density at radius 1 is 1.25 bits per heavy atom. The van der Waals surface area contributed by atoms with Crippen LogP contribution in [0.1, 0.15) is 12.8 Å². The smallest absolute Gasteiger partial charge is 0.0700 e. The van der Waals surface area contributed by atoms with E-state index in [0.29, 0.717) is 19.8 Å². The predicted octanol–water partition coefficient (Wildman–Crippen LogP) is -0.219. The Balaban J connectivity index is 2.08. The first-order valence-electron chi connectivity index (χ1n) is 5.83. The molecule has 1 fully saturated rings.